The smallest absolute Gasteiger partial charge is 0.0636 e. The third-order valence-corrected chi connectivity index (χ3v) is 2.76. The van der Waals surface area contributed by atoms with Crippen molar-refractivity contribution in [2.45, 2.75) is 25.8 Å². The van der Waals surface area contributed by atoms with Gasteiger partial charge < -0.3 is 5.32 Å². The van der Waals surface area contributed by atoms with Crippen molar-refractivity contribution in [3.05, 3.63) is 28.0 Å². The first-order valence-electron chi connectivity index (χ1n) is 4.64. The molecule has 1 heterocycles. The zero-order valence-electron chi connectivity index (χ0n) is 8.35. The third kappa shape index (κ3) is 3.12. The van der Waals surface area contributed by atoms with Gasteiger partial charge in [-0.25, -0.2) is 0 Å². The summed E-state index contributed by atoms with van der Waals surface area (Å²) >= 11 is 11.8. The molecule has 4 heteroatoms. The molecule has 0 radical (unpaired) electrons. The maximum absolute atomic E-state index is 6.01. The minimum Gasteiger partial charge on any atom is -0.317 e. The van der Waals surface area contributed by atoms with Crippen LogP contribution in [-0.2, 0) is 6.42 Å². The van der Waals surface area contributed by atoms with E-state index in [0.29, 0.717) is 16.1 Å². The fourth-order valence-electron chi connectivity index (χ4n) is 1.28. The second-order valence-corrected chi connectivity index (χ2v) is 4.02. The molecule has 0 amide bonds. The number of pyridine rings is 1. The molecule has 0 aliphatic rings. The van der Waals surface area contributed by atoms with Crippen molar-refractivity contribution in [1.29, 1.82) is 0 Å². The van der Waals surface area contributed by atoms with Gasteiger partial charge in [0.15, 0.2) is 0 Å². The molecule has 0 aliphatic carbocycles. The minimum atomic E-state index is 0.418. The van der Waals surface area contributed by atoms with Gasteiger partial charge >= 0.3 is 0 Å². The lowest BCUT2D eigenvalue weighted by Gasteiger charge is -2.13. The van der Waals surface area contributed by atoms with E-state index in [2.05, 4.69) is 17.2 Å². The molecule has 0 aliphatic heterocycles. The predicted octanol–water partition coefficient (Wildman–Crippen LogP) is 2.93. The second kappa shape index (κ2) is 5.54. The zero-order chi connectivity index (χ0) is 10.6. The van der Waals surface area contributed by atoms with Gasteiger partial charge in [-0.15, -0.1) is 0 Å². The molecule has 0 spiro atoms. The van der Waals surface area contributed by atoms with Crippen molar-refractivity contribution >= 4 is 23.2 Å². The number of rotatable bonds is 4. The van der Waals surface area contributed by atoms with Crippen LogP contribution in [-0.4, -0.2) is 18.1 Å². The minimum absolute atomic E-state index is 0.418. The molecule has 14 heavy (non-hydrogen) atoms. The largest absolute Gasteiger partial charge is 0.317 e. The van der Waals surface area contributed by atoms with E-state index in [0.717, 1.165) is 18.5 Å². The number of aromatic nitrogens is 1. The molecule has 1 N–H and O–H groups in total. The molecule has 1 unspecified atom stereocenters. The Bertz CT molecular complexity index is 298. The molecule has 78 valence electrons. The maximum Gasteiger partial charge on any atom is 0.0636 e. The normalized spacial score (nSPS) is 12.9. The summed E-state index contributed by atoms with van der Waals surface area (Å²) in [5.41, 5.74) is 0.900. The third-order valence-electron chi connectivity index (χ3n) is 2.22. The highest BCUT2D eigenvalue weighted by Crippen LogP contribution is 2.19. The van der Waals surface area contributed by atoms with Crippen LogP contribution in [0.1, 0.15) is 19.0 Å². The number of nitrogens with zero attached hydrogens (tertiary/aromatic N) is 1. The standard InChI is InChI=1S/C10H14Cl2N2/c1-3-8(13-2)5-10-9(12)4-7(11)6-14-10/h4,6,8,13H,3,5H2,1-2H3. The summed E-state index contributed by atoms with van der Waals surface area (Å²) in [5, 5.41) is 4.43. The summed E-state index contributed by atoms with van der Waals surface area (Å²) in [6, 6.07) is 2.15. The Morgan fingerprint density at radius 2 is 2.21 bits per heavy atom. The Hall–Kier alpha value is -0.310. The van der Waals surface area contributed by atoms with Gasteiger partial charge in [0, 0.05) is 18.7 Å². The van der Waals surface area contributed by atoms with Gasteiger partial charge in [0.05, 0.1) is 15.7 Å². The number of halogens is 2. The number of hydrogen-bond acceptors (Lipinski definition) is 2. The summed E-state index contributed by atoms with van der Waals surface area (Å²) in [4.78, 5) is 4.21. The Morgan fingerprint density at radius 1 is 1.50 bits per heavy atom. The molecule has 0 saturated carbocycles. The van der Waals surface area contributed by atoms with Crippen molar-refractivity contribution in [3.8, 4) is 0 Å². The Balaban J connectivity index is 2.76. The van der Waals surface area contributed by atoms with Gasteiger partial charge in [0.25, 0.3) is 0 Å². The van der Waals surface area contributed by atoms with Crippen LogP contribution < -0.4 is 5.32 Å². The van der Waals surface area contributed by atoms with Gasteiger partial charge in [-0.1, -0.05) is 30.1 Å². The van der Waals surface area contributed by atoms with Crippen molar-refractivity contribution in [2.24, 2.45) is 0 Å². The summed E-state index contributed by atoms with van der Waals surface area (Å²) in [6.07, 6.45) is 3.52. The fourth-order valence-corrected chi connectivity index (χ4v) is 1.73. The Morgan fingerprint density at radius 3 is 2.71 bits per heavy atom. The second-order valence-electron chi connectivity index (χ2n) is 3.18. The first kappa shape index (κ1) is 11.8. The van der Waals surface area contributed by atoms with Gasteiger partial charge in [-0.05, 0) is 19.5 Å². The molecule has 1 aromatic heterocycles. The summed E-state index contributed by atoms with van der Waals surface area (Å²) in [7, 11) is 1.94. The number of nitrogens with one attached hydrogen (secondary N) is 1. The van der Waals surface area contributed by atoms with Crippen LogP contribution in [0.15, 0.2) is 12.3 Å². The van der Waals surface area contributed by atoms with E-state index in [4.69, 9.17) is 23.2 Å². The highest BCUT2D eigenvalue weighted by Gasteiger charge is 2.09. The number of hydrogen-bond donors (Lipinski definition) is 1. The highest BCUT2D eigenvalue weighted by atomic mass is 35.5. The SMILES string of the molecule is CCC(Cc1ncc(Cl)cc1Cl)NC. The van der Waals surface area contributed by atoms with Gasteiger partial charge in [-0.3, -0.25) is 4.98 Å². The Kier molecular flexibility index (Phi) is 4.66. The maximum atomic E-state index is 6.01. The molecule has 1 aromatic rings. The molecule has 0 aromatic carbocycles. The molecule has 1 atom stereocenters. The Labute approximate surface area is 94.6 Å². The van der Waals surface area contributed by atoms with E-state index in [9.17, 15) is 0 Å². The molecule has 1 rings (SSSR count). The lowest BCUT2D eigenvalue weighted by Crippen LogP contribution is -2.27. The van der Waals surface area contributed by atoms with Gasteiger partial charge in [0.2, 0.25) is 0 Å². The van der Waals surface area contributed by atoms with E-state index in [1.165, 1.54) is 0 Å². The molecule has 0 bridgehead atoms. The van der Waals surface area contributed by atoms with Gasteiger partial charge in [0.1, 0.15) is 0 Å². The molecule has 0 fully saturated rings. The van der Waals surface area contributed by atoms with Crippen LogP contribution in [0.25, 0.3) is 0 Å². The van der Waals surface area contributed by atoms with E-state index >= 15 is 0 Å². The van der Waals surface area contributed by atoms with Crippen LogP contribution in [0.2, 0.25) is 10.0 Å². The topological polar surface area (TPSA) is 24.9 Å². The number of likely N-dealkylation sites (N-methyl/N-ethyl adjacent to an activating group) is 1. The molecular weight excluding hydrogens is 219 g/mol. The van der Waals surface area contributed by atoms with Crippen LogP contribution in [0.3, 0.4) is 0 Å². The summed E-state index contributed by atoms with van der Waals surface area (Å²) < 4.78 is 0. The zero-order valence-corrected chi connectivity index (χ0v) is 9.86. The van der Waals surface area contributed by atoms with E-state index in [1.54, 1.807) is 12.3 Å². The van der Waals surface area contributed by atoms with E-state index in [-0.39, 0.29) is 0 Å². The van der Waals surface area contributed by atoms with Crippen LogP contribution in [0, 0.1) is 0 Å². The average molecular weight is 233 g/mol. The van der Waals surface area contributed by atoms with Gasteiger partial charge in [-0.2, -0.15) is 0 Å². The van der Waals surface area contributed by atoms with Crippen LogP contribution in [0.4, 0.5) is 0 Å². The lowest BCUT2D eigenvalue weighted by atomic mass is 10.1. The van der Waals surface area contributed by atoms with Crippen molar-refractivity contribution in [1.82, 2.24) is 10.3 Å². The van der Waals surface area contributed by atoms with Crippen molar-refractivity contribution < 1.29 is 0 Å². The average Bonchev–Trinajstić information content (AvgIpc) is 2.17. The lowest BCUT2D eigenvalue weighted by molar-refractivity contribution is 0.537. The monoisotopic (exact) mass is 232 g/mol. The van der Waals surface area contributed by atoms with Crippen molar-refractivity contribution in [2.75, 3.05) is 7.05 Å². The summed E-state index contributed by atoms with van der Waals surface area (Å²) in [5.74, 6) is 0. The first-order valence-corrected chi connectivity index (χ1v) is 5.40. The fraction of sp³-hybridized carbons (Fsp3) is 0.500. The van der Waals surface area contributed by atoms with E-state index < -0.39 is 0 Å². The highest BCUT2D eigenvalue weighted by molar-refractivity contribution is 6.34. The predicted molar refractivity (Wildman–Crippen MR) is 61.1 cm³/mol. The molecule has 2 nitrogen and oxygen atoms in total. The van der Waals surface area contributed by atoms with Crippen molar-refractivity contribution in [3.63, 3.8) is 0 Å². The quantitative estimate of drug-likeness (QED) is 0.864. The molecule has 0 saturated heterocycles. The van der Waals surface area contributed by atoms with Crippen LogP contribution in [0.5, 0.6) is 0 Å². The molecular formula is C10H14Cl2N2. The van der Waals surface area contributed by atoms with Crippen LogP contribution >= 0.6 is 23.2 Å². The van der Waals surface area contributed by atoms with E-state index in [1.807, 2.05) is 7.05 Å². The summed E-state index contributed by atoms with van der Waals surface area (Å²) in [6.45, 7) is 2.13. The first-order chi connectivity index (χ1) is 6.67.